The Kier molecular flexibility index (Phi) is 4.46. The Hall–Kier alpha value is -2.16. The molecule has 9 heteroatoms. The molecule has 1 saturated heterocycles. The van der Waals surface area contributed by atoms with Gasteiger partial charge in [0.15, 0.2) is 0 Å². The molecule has 1 aliphatic rings. The lowest BCUT2D eigenvalue weighted by Gasteiger charge is -2.22. The van der Waals surface area contributed by atoms with Gasteiger partial charge in [-0.05, 0) is 18.6 Å². The number of pyridine rings is 1. The molecule has 23 heavy (non-hydrogen) atoms. The number of halogens is 3. The lowest BCUT2D eigenvalue weighted by molar-refractivity contribution is -0.137. The molecule has 0 radical (unpaired) electrons. The van der Waals surface area contributed by atoms with Crippen LogP contribution in [0.5, 0.6) is 0 Å². The largest absolute Gasteiger partial charge is 0.417 e. The van der Waals surface area contributed by atoms with Crippen LogP contribution in [0.3, 0.4) is 0 Å². The van der Waals surface area contributed by atoms with Crippen molar-refractivity contribution in [2.45, 2.75) is 19.1 Å². The molecule has 2 aromatic rings. The molecule has 124 valence electrons. The molecule has 0 aromatic carbocycles. The summed E-state index contributed by atoms with van der Waals surface area (Å²) in [6.45, 7) is 3.91. The minimum absolute atomic E-state index is 0.585. The minimum atomic E-state index is -4.35. The van der Waals surface area contributed by atoms with E-state index in [1.165, 1.54) is 6.07 Å². The van der Waals surface area contributed by atoms with Crippen LogP contribution in [0.15, 0.2) is 24.5 Å². The van der Waals surface area contributed by atoms with Gasteiger partial charge in [0.1, 0.15) is 5.82 Å². The summed E-state index contributed by atoms with van der Waals surface area (Å²) in [5, 5.41) is 10.4. The van der Waals surface area contributed by atoms with Crippen molar-refractivity contribution >= 4 is 5.82 Å². The Balaban J connectivity index is 1.61. The van der Waals surface area contributed by atoms with Gasteiger partial charge in [0.05, 0.1) is 17.5 Å². The Labute approximate surface area is 131 Å². The monoisotopic (exact) mass is 326 g/mol. The number of alkyl halides is 3. The van der Waals surface area contributed by atoms with Crippen molar-refractivity contribution < 1.29 is 13.2 Å². The summed E-state index contributed by atoms with van der Waals surface area (Å²) in [6.07, 6.45) is -0.841. The molecule has 0 amide bonds. The van der Waals surface area contributed by atoms with Crippen LogP contribution in [0, 0.1) is 0 Å². The van der Waals surface area contributed by atoms with Gasteiger partial charge < -0.3 is 4.90 Å². The predicted octanol–water partition coefficient (Wildman–Crippen LogP) is 1.93. The average Bonchev–Trinajstić information content (AvgIpc) is 2.91. The average molecular weight is 326 g/mol. The molecule has 1 aliphatic heterocycles. The van der Waals surface area contributed by atoms with Gasteiger partial charge in [-0.25, -0.2) is 4.98 Å². The summed E-state index contributed by atoms with van der Waals surface area (Å²) >= 11 is 0. The van der Waals surface area contributed by atoms with Crippen LogP contribution < -0.4 is 4.90 Å². The normalized spacial score (nSPS) is 17.3. The zero-order valence-electron chi connectivity index (χ0n) is 12.4. The van der Waals surface area contributed by atoms with Gasteiger partial charge >= 0.3 is 6.18 Å². The van der Waals surface area contributed by atoms with E-state index in [0.717, 1.165) is 50.6 Å². The SMILES string of the molecule is FC(F)(F)c1ccc(N2CCCN(Cc3cn[nH]n3)CC2)nc1. The Bertz CT molecular complexity index is 610. The van der Waals surface area contributed by atoms with Gasteiger partial charge in [0.2, 0.25) is 0 Å². The maximum absolute atomic E-state index is 12.6. The second-order valence-electron chi connectivity index (χ2n) is 5.48. The summed E-state index contributed by atoms with van der Waals surface area (Å²) in [5.41, 5.74) is 0.162. The number of H-pyrrole nitrogens is 1. The number of aromatic nitrogens is 4. The number of nitrogens with zero attached hydrogens (tertiary/aromatic N) is 5. The van der Waals surface area contributed by atoms with Crippen molar-refractivity contribution in [3.05, 3.63) is 35.8 Å². The quantitative estimate of drug-likeness (QED) is 0.934. The smallest absolute Gasteiger partial charge is 0.355 e. The van der Waals surface area contributed by atoms with Gasteiger partial charge in [-0.2, -0.15) is 28.6 Å². The summed E-state index contributed by atoms with van der Waals surface area (Å²) in [6, 6.07) is 2.52. The van der Waals surface area contributed by atoms with Crippen LogP contribution in [0.1, 0.15) is 17.7 Å². The highest BCUT2D eigenvalue weighted by atomic mass is 19.4. The second-order valence-corrected chi connectivity index (χ2v) is 5.48. The van der Waals surface area contributed by atoms with E-state index in [2.05, 4.69) is 25.3 Å². The number of anilines is 1. The predicted molar refractivity (Wildman–Crippen MR) is 77.7 cm³/mol. The van der Waals surface area contributed by atoms with Crippen molar-refractivity contribution in [3.8, 4) is 0 Å². The fourth-order valence-electron chi connectivity index (χ4n) is 2.63. The maximum atomic E-state index is 12.6. The van der Waals surface area contributed by atoms with Crippen LogP contribution in [0.4, 0.5) is 19.0 Å². The van der Waals surface area contributed by atoms with E-state index in [9.17, 15) is 13.2 Å². The van der Waals surface area contributed by atoms with E-state index >= 15 is 0 Å². The third kappa shape index (κ3) is 3.98. The number of rotatable bonds is 3. The summed E-state index contributed by atoms with van der Waals surface area (Å²) in [7, 11) is 0. The fourth-order valence-corrected chi connectivity index (χ4v) is 2.63. The molecule has 1 fully saturated rings. The van der Waals surface area contributed by atoms with Gasteiger partial charge in [-0.3, -0.25) is 4.90 Å². The van der Waals surface area contributed by atoms with Crippen LogP contribution in [0.2, 0.25) is 0 Å². The van der Waals surface area contributed by atoms with Crippen molar-refractivity contribution in [2.24, 2.45) is 0 Å². The van der Waals surface area contributed by atoms with Crippen LogP contribution in [0.25, 0.3) is 0 Å². The van der Waals surface area contributed by atoms with Gasteiger partial charge in [-0.1, -0.05) is 0 Å². The number of aromatic amines is 1. The molecule has 6 nitrogen and oxygen atoms in total. The maximum Gasteiger partial charge on any atom is 0.417 e. The van der Waals surface area contributed by atoms with E-state index < -0.39 is 11.7 Å². The Morgan fingerprint density at radius 3 is 2.61 bits per heavy atom. The van der Waals surface area contributed by atoms with E-state index in [0.29, 0.717) is 12.4 Å². The van der Waals surface area contributed by atoms with Gasteiger partial charge in [0, 0.05) is 38.9 Å². The Morgan fingerprint density at radius 2 is 1.96 bits per heavy atom. The summed E-state index contributed by atoms with van der Waals surface area (Å²) in [5.74, 6) is 0.585. The molecule has 2 aromatic heterocycles. The number of hydrogen-bond donors (Lipinski definition) is 1. The highest BCUT2D eigenvalue weighted by Gasteiger charge is 2.31. The van der Waals surface area contributed by atoms with Crippen molar-refractivity contribution in [1.29, 1.82) is 0 Å². The van der Waals surface area contributed by atoms with Crippen molar-refractivity contribution in [1.82, 2.24) is 25.3 Å². The highest BCUT2D eigenvalue weighted by molar-refractivity contribution is 5.40. The molecule has 0 atom stereocenters. The molecule has 3 rings (SSSR count). The summed E-state index contributed by atoms with van der Waals surface area (Å²) in [4.78, 5) is 8.24. The van der Waals surface area contributed by atoms with E-state index in [1.807, 2.05) is 4.90 Å². The first-order valence-corrected chi connectivity index (χ1v) is 7.37. The van der Waals surface area contributed by atoms with E-state index in [-0.39, 0.29) is 0 Å². The molecule has 0 spiro atoms. The molecular weight excluding hydrogens is 309 g/mol. The topological polar surface area (TPSA) is 60.9 Å². The molecule has 0 saturated carbocycles. The zero-order chi connectivity index (χ0) is 16.3. The first kappa shape index (κ1) is 15.7. The molecule has 0 unspecified atom stereocenters. The van der Waals surface area contributed by atoms with Crippen molar-refractivity contribution in [3.63, 3.8) is 0 Å². The Morgan fingerprint density at radius 1 is 1.09 bits per heavy atom. The molecule has 3 heterocycles. The van der Waals surface area contributed by atoms with E-state index in [4.69, 9.17) is 0 Å². The lowest BCUT2D eigenvalue weighted by atomic mass is 10.2. The zero-order valence-corrected chi connectivity index (χ0v) is 12.4. The first-order chi connectivity index (χ1) is 11.0. The standard InChI is InChI=1S/C14H17F3N6/c15-14(16,17)11-2-3-13(18-8-11)23-5-1-4-22(6-7-23)10-12-9-19-21-20-12/h2-3,8-9H,1,4-7,10H2,(H,19,20,21). The second kappa shape index (κ2) is 6.53. The molecule has 0 aliphatic carbocycles. The third-order valence-electron chi connectivity index (χ3n) is 3.84. The number of hydrogen-bond acceptors (Lipinski definition) is 5. The molecule has 0 bridgehead atoms. The van der Waals surface area contributed by atoms with Gasteiger partial charge in [-0.15, -0.1) is 0 Å². The fraction of sp³-hybridized carbons (Fsp3) is 0.500. The van der Waals surface area contributed by atoms with Crippen LogP contribution in [-0.4, -0.2) is 51.5 Å². The van der Waals surface area contributed by atoms with Crippen LogP contribution in [-0.2, 0) is 12.7 Å². The lowest BCUT2D eigenvalue weighted by Crippen LogP contribution is -2.31. The third-order valence-corrected chi connectivity index (χ3v) is 3.84. The van der Waals surface area contributed by atoms with Crippen LogP contribution >= 0.6 is 0 Å². The van der Waals surface area contributed by atoms with Gasteiger partial charge in [0.25, 0.3) is 0 Å². The van der Waals surface area contributed by atoms with Crippen molar-refractivity contribution in [2.75, 3.05) is 31.1 Å². The first-order valence-electron chi connectivity index (χ1n) is 7.37. The molecule has 1 N–H and O–H groups in total. The highest BCUT2D eigenvalue weighted by Crippen LogP contribution is 2.29. The van der Waals surface area contributed by atoms with E-state index in [1.54, 1.807) is 6.20 Å². The number of nitrogens with one attached hydrogen (secondary N) is 1. The summed E-state index contributed by atoms with van der Waals surface area (Å²) < 4.78 is 37.8. The minimum Gasteiger partial charge on any atom is -0.355 e. The molecular formula is C14H17F3N6.